The van der Waals surface area contributed by atoms with Crippen LogP contribution in [0.1, 0.15) is 38.7 Å². The molecule has 0 aliphatic carbocycles. The van der Waals surface area contributed by atoms with Crippen LogP contribution in [-0.4, -0.2) is 64.6 Å². The van der Waals surface area contributed by atoms with Crippen LogP contribution in [-0.2, 0) is 14.3 Å². The van der Waals surface area contributed by atoms with Crippen LogP contribution in [0.4, 0.5) is 5.82 Å². The highest BCUT2D eigenvalue weighted by Gasteiger charge is 2.33. The number of fused-ring (bicyclic) bond motifs is 1. The van der Waals surface area contributed by atoms with Gasteiger partial charge in [-0.25, -0.2) is 9.97 Å². The molecule has 37 heavy (non-hydrogen) atoms. The van der Waals surface area contributed by atoms with Gasteiger partial charge >= 0.3 is 5.97 Å². The number of piperazine rings is 1. The van der Waals surface area contributed by atoms with E-state index in [-0.39, 0.29) is 12.3 Å². The summed E-state index contributed by atoms with van der Waals surface area (Å²) in [5.74, 6) is -0.496. The van der Waals surface area contributed by atoms with Crippen LogP contribution in [0.3, 0.4) is 0 Å². The molecule has 1 aromatic heterocycles. The van der Waals surface area contributed by atoms with E-state index in [1.54, 1.807) is 50.2 Å². The van der Waals surface area contributed by atoms with Crippen molar-refractivity contribution < 1.29 is 14.3 Å². The first kappa shape index (κ1) is 27.1. The quantitative estimate of drug-likeness (QED) is 0.459. The van der Waals surface area contributed by atoms with Gasteiger partial charge in [-0.2, -0.15) is 0 Å². The summed E-state index contributed by atoms with van der Waals surface area (Å²) in [6.45, 7) is 7.55. The Kier molecular flexibility index (Phi) is 8.21. The van der Waals surface area contributed by atoms with E-state index >= 15 is 0 Å². The molecule has 0 saturated carbocycles. The van der Waals surface area contributed by atoms with E-state index in [9.17, 15) is 9.59 Å². The van der Waals surface area contributed by atoms with Gasteiger partial charge in [-0.1, -0.05) is 41.4 Å². The lowest BCUT2D eigenvalue weighted by Gasteiger charge is -2.37. The van der Waals surface area contributed by atoms with Crippen molar-refractivity contribution in [2.75, 3.05) is 31.1 Å². The predicted molar refractivity (Wildman–Crippen MR) is 146 cm³/mol. The zero-order valence-electron chi connectivity index (χ0n) is 21.2. The molecule has 1 saturated heterocycles. The number of ether oxygens (including phenoxy) is 1. The van der Waals surface area contributed by atoms with E-state index in [1.165, 1.54) is 0 Å². The molecule has 0 spiro atoms. The molecule has 4 rings (SSSR count). The SMILES string of the molecule is CC(C)(C)OC(=O)C(N)CC(C(=O)N1CCN(c2ncnc3ccccc23)CC1)c1ccc(Cl)c(Cl)c1. The van der Waals surface area contributed by atoms with Crippen LogP contribution in [0, 0.1) is 0 Å². The number of nitrogens with zero attached hydrogens (tertiary/aromatic N) is 4. The normalized spacial score (nSPS) is 15.9. The number of para-hydroxylation sites is 1. The summed E-state index contributed by atoms with van der Waals surface area (Å²) in [6.07, 6.45) is 1.65. The van der Waals surface area contributed by atoms with E-state index in [2.05, 4.69) is 14.9 Å². The first-order chi connectivity index (χ1) is 17.5. The number of hydrogen-bond donors (Lipinski definition) is 1. The van der Waals surface area contributed by atoms with Gasteiger partial charge in [-0.15, -0.1) is 0 Å². The van der Waals surface area contributed by atoms with Crippen LogP contribution in [0.25, 0.3) is 10.9 Å². The largest absolute Gasteiger partial charge is 0.459 e. The number of carbonyl (C=O) groups excluding carboxylic acids is 2. The Morgan fingerprint density at radius 2 is 1.73 bits per heavy atom. The Labute approximate surface area is 226 Å². The molecular weight excluding hydrogens is 513 g/mol. The number of aromatic nitrogens is 2. The standard InChI is InChI=1S/C27H31Cl2N5O3/c1-27(2,3)37-26(36)22(30)15-19(17-8-9-20(28)21(29)14-17)25(35)34-12-10-33(11-13-34)24-18-6-4-5-7-23(18)31-16-32-24/h4-9,14,16,19,22H,10-13,15,30H2,1-3H3. The van der Waals surface area contributed by atoms with Gasteiger partial charge in [-0.05, 0) is 57.0 Å². The minimum Gasteiger partial charge on any atom is -0.459 e. The van der Waals surface area contributed by atoms with Crippen molar-refractivity contribution >= 4 is 51.8 Å². The summed E-state index contributed by atoms with van der Waals surface area (Å²) in [4.78, 5) is 39.2. The minimum absolute atomic E-state index is 0.0858. The second-order valence-electron chi connectivity index (χ2n) is 10.1. The predicted octanol–water partition coefficient (Wildman–Crippen LogP) is 4.43. The van der Waals surface area contributed by atoms with E-state index < -0.39 is 23.5 Å². The molecule has 2 heterocycles. The molecular formula is C27H31Cl2N5O3. The Morgan fingerprint density at radius 1 is 1.03 bits per heavy atom. The third-order valence-electron chi connectivity index (χ3n) is 6.26. The lowest BCUT2D eigenvalue weighted by molar-refractivity contribution is -0.156. The van der Waals surface area contributed by atoms with Crippen LogP contribution in [0.15, 0.2) is 48.8 Å². The Hall–Kier alpha value is -2.94. The fourth-order valence-corrected chi connectivity index (χ4v) is 4.74. The molecule has 8 nitrogen and oxygen atoms in total. The summed E-state index contributed by atoms with van der Waals surface area (Å²) < 4.78 is 5.45. The third-order valence-corrected chi connectivity index (χ3v) is 6.99. The minimum atomic E-state index is -0.976. The molecule has 1 amide bonds. The molecule has 1 aliphatic rings. The fourth-order valence-electron chi connectivity index (χ4n) is 4.44. The van der Waals surface area contributed by atoms with E-state index in [4.69, 9.17) is 33.7 Å². The zero-order valence-corrected chi connectivity index (χ0v) is 22.7. The smallest absolute Gasteiger partial charge is 0.323 e. The molecule has 1 aliphatic heterocycles. The number of rotatable bonds is 6. The summed E-state index contributed by atoms with van der Waals surface area (Å²) in [5, 5.41) is 1.70. The summed E-state index contributed by atoms with van der Waals surface area (Å²) >= 11 is 12.4. The van der Waals surface area contributed by atoms with E-state index in [0.29, 0.717) is 41.8 Å². The first-order valence-corrected chi connectivity index (χ1v) is 13.0. The fraction of sp³-hybridized carbons (Fsp3) is 0.407. The Bertz CT molecular complexity index is 1280. The van der Waals surface area contributed by atoms with Crippen molar-refractivity contribution in [3.05, 3.63) is 64.4 Å². The summed E-state index contributed by atoms with van der Waals surface area (Å²) in [6, 6.07) is 12.0. The van der Waals surface area contributed by atoms with Crippen molar-refractivity contribution in [2.45, 2.75) is 44.8 Å². The summed E-state index contributed by atoms with van der Waals surface area (Å²) in [7, 11) is 0. The van der Waals surface area contributed by atoms with Gasteiger partial charge < -0.3 is 20.3 Å². The molecule has 196 valence electrons. The summed E-state index contributed by atoms with van der Waals surface area (Å²) in [5.41, 5.74) is 7.07. The lowest BCUT2D eigenvalue weighted by Crippen LogP contribution is -2.51. The van der Waals surface area contributed by atoms with Crippen molar-refractivity contribution in [1.82, 2.24) is 14.9 Å². The van der Waals surface area contributed by atoms with Gasteiger partial charge in [0.25, 0.3) is 0 Å². The number of anilines is 1. The molecule has 0 bridgehead atoms. The number of benzene rings is 2. The molecule has 2 N–H and O–H groups in total. The average molecular weight is 544 g/mol. The number of amides is 1. The lowest BCUT2D eigenvalue weighted by atomic mass is 9.90. The number of carbonyl (C=O) groups is 2. The van der Waals surface area contributed by atoms with E-state index in [1.807, 2.05) is 24.3 Å². The van der Waals surface area contributed by atoms with Crippen molar-refractivity contribution in [2.24, 2.45) is 5.73 Å². The van der Waals surface area contributed by atoms with E-state index in [0.717, 1.165) is 16.7 Å². The van der Waals surface area contributed by atoms with Crippen molar-refractivity contribution in [3.8, 4) is 0 Å². The van der Waals surface area contributed by atoms with Crippen LogP contribution >= 0.6 is 23.2 Å². The van der Waals surface area contributed by atoms with Crippen LogP contribution < -0.4 is 10.6 Å². The average Bonchev–Trinajstić information content (AvgIpc) is 2.87. The molecule has 2 aromatic carbocycles. The van der Waals surface area contributed by atoms with Crippen molar-refractivity contribution in [3.63, 3.8) is 0 Å². The number of nitrogens with two attached hydrogens (primary N) is 1. The highest BCUT2D eigenvalue weighted by atomic mass is 35.5. The van der Waals surface area contributed by atoms with Gasteiger partial charge in [0.2, 0.25) is 5.91 Å². The highest BCUT2D eigenvalue weighted by molar-refractivity contribution is 6.42. The first-order valence-electron chi connectivity index (χ1n) is 12.2. The maximum absolute atomic E-state index is 13.8. The number of esters is 1. The van der Waals surface area contributed by atoms with Crippen LogP contribution in [0.2, 0.25) is 10.0 Å². The maximum Gasteiger partial charge on any atom is 0.323 e. The van der Waals surface area contributed by atoms with Gasteiger partial charge in [0.05, 0.1) is 21.5 Å². The molecule has 3 aromatic rings. The van der Waals surface area contributed by atoms with Gasteiger partial charge in [0.15, 0.2) is 0 Å². The molecule has 2 unspecified atom stereocenters. The van der Waals surface area contributed by atoms with Crippen LogP contribution in [0.5, 0.6) is 0 Å². The third kappa shape index (κ3) is 6.50. The maximum atomic E-state index is 13.8. The number of halogens is 2. The Balaban J connectivity index is 1.52. The Morgan fingerprint density at radius 3 is 2.41 bits per heavy atom. The second-order valence-corrected chi connectivity index (χ2v) is 10.9. The van der Waals surface area contributed by atoms with Gasteiger partial charge in [0, 0.05) is 31.6 Å². The molecule has 2 atom stereocenters. The zero-order chi connectivity index (χ0) is 26.7. The van der Waals surface area contributed by atoms with Crippen molar-refractivity contribution in [1.29, 1.82) is 0 Å². The highest BCUT2D eigenvalue weighted by Crippen LogP contribution is 2.31. The molecule has 1 fully saturated rings. The topological polar surface area (TPSA) is 102 Å². The van der Waals surface area contributed by atoms with Gasteiger partial charge in [0.1, 0.15) is 23.8 Å². The van der Waals surface area contributed by atoms with Gasteiger partial charge in [-0.3, -0.25) is 9.59 Å². The number of hydrogen-bond acceptors (Lipinski definition) is 7. The molecule has 0 radical (unpaired) electrons. The second kappa shape index (κ2) is 11.2. The monoisotopic (exact) mass is 543 g/mol. The molecule has 10 heteroatoms.